The summed E-state index contributed by atoms with van der Waals surface area (Å²) in [5, 5.41) is 0. The molecule has 3 aromatic rings. The fourth-order valence-electron chi connectivity index (χ4n) is 3.59. The van der Waals surface area contributed by atoms with E-state index in [4.69, 9.17) is 13.9 Å². The third-order valence-corrected chi connectivity index (χ3v) is 6.50. The van der Waals surface area contributed by atoms with E-state index in [1.165, 1.54) is 32.6 Å². The summed E-state index contributed by atoms with van der Waals surface area (Å²) in [5.74, 6) is 0.558. The average molecular weight is 442 g/mol. The molecule has 0 aliphatic carbocycles. The van der Waals surface area contributed by atoms with Crippen LogP contribution in [0.5, 0.6) is 11.5 Å². The topological polar surface area (TPSA) is 98.1 Å². The maximum Gasteiger partial charge on any atom is 0.293 e. The molecule has 1 amide bonds. The minimum absolute atomic E-state index is 0.0458. The Morgan fingerprint density at radius 1 is 1.10 bits per heavy atom. The number of carbonyl (C=O) groups is 1. The minimum atomic E-state index is -3.97. The van der Waals surface area contributed by atoms with Crippen LogP contribution in [0.1, 0.15) is 22.5 Å². The van der Waals surface area contributed by atoms with E-state index in [2.05, 4.69) is 4.72 Å². The van der Waals surface area contributed by atoms with Gasteiger partial charge >= 0.3 is 0 Å². The van der Waals surface area contributed by atoms with Crippen molar-refractivity contribution >= 4 is 27.3 Å². The van der Waals surface area contributed by atoms with E-state index in [1.807, 2.05) is 6.07 Å². The molecule has 0 spiro atoms. The summed E-state index contributed by atoms with van der Waals surface area (Å²) in [5.41, 5.74) is 1.96. The normalized spacial score (nSPS) is 13.4. The molecule has 4 rings (SSSR count). The first-order valence-corrected chi connectivity index (χ1v) is 11.1. The predicted octanol–water partition coefficient (Wildman–Crippen LogP) is 3.69. The summed E-state index contributed by atoms with van der Waals surface area (Å²) in [6.07, 6.45) is 3.06. The molecular weight excluding hydrogens is 420 g/mol. The van der Waals surface area contributed by atoms with Crippen molar-refractivity contribution in [1.29, 1.82) is 0 Å². The molecule has 2 aromatic carbocycles. The molecule has 1 aliphatic heterocycles. The number of benzene rings is 2. The zero-order valence-electron chi connectivity index (χ0n) is 17.1. The summed E-state index contributed by atoms with van der Waals surface area (Å²) in [7, 11) is -1.11. The van der Waals surface area contributed by atoms with Crippen LogP contribution in [0, 0.1) is 0 Å². The van der Waals surface area contributed by atoms with Gasteiger partial charge in [0.1, 0.15) is 16.4 Å². The molecule has 1 aliphatic rings. The number of hydrogen-bond acceptors (Lipinski definition) is 6. The number of nitrogens with zero attached hydrogens (tertiary/aromatic N) is 1. The van der Waals surface area contributed by atoms with Crippen molar-refractivity contribution in [2.45, 2.75) is 17.7 Å². The summed E-state index contributed by atoms with van der Waals surface area (Å²) in [4.78, 5) is 14.4. The molecule has 0 radical (unpaired) electrons. The van der Waals surface area contributed by atoms with Gasteiger partial charge in [-0.1, -0.05) is 6.07 Å². The third kappa shape index (κ3) is 4.09. The summed E-state index contributed by atoms with van der Waals surface area (Å²) in [6, 6.07) is 13.0. The Morgan fingerprint density at radius 2 is 1.94 bits per heavy atom. The van der Waals surface area contributed by atoms with E-state index in [-0.39, 0.29) is 22.3 Å². The zero-order chi connectivity index (χ0) is 22.0. The van der Waals surface area contributed by atoms with Crippen LogP contribution in [0.15, 0.2) is 64.1 Å². The van der Waals surface area contributed by atoms with Crippen molar-refractivity contribution in [2.75, 3.05) is 30.4 Å². The lowest BCUT2D eigenvalue weighted by Crippen LogP contribution is -2.35. The quantitative estimate of drug-likeness (QED) is 0.625. The lowest BCUT2D eigenvalue weighted by Gasteiger charge is -2.29. The number of methoxy groups -OCH3 is 2. The highest BCUT2D eigenvalue weighted by atomic mass is 32.2. The fraction of sp³-hybridized carbons (Fsp3) is 0.227. The van der Waals surface area contributed by atoms with Crippen LogP contribution < -0.4 is 19.1 Å². The Morgan fingerprint density at radius 3 is 2.65 bits per heavy atom. The van der Waals surface area contributed by atoms with Crippen molar-refractivity contribution in [3.8, 4) is 11.5 Å². The largest absolute Gasteiger partial charge is 0.497 e. The van der Waals surface area contributed by atoms with Gasteiger partial charge in [-0.15, -0.1) is 0 Å². The number of nitrogens with one attached hydrogen (secondary N) is 1. The van der Waals surface area contributed by atoms with Crippen LogP contribution in [0.4, 0.5) is 11.4 Å². The first kappa shape index (κ1) is 20.8. The second-order valence-corrected chi connectivity index (χ2v) is 8.65. The Labute approximate surface area is 180 Å². The van der Waals surface area contributed by atoms with Gasteiger partial charge in [0.15, 0.2) is 5.76 Å². The Kier molecular flexibility index (Phi) is 5.60. The molecule has 0 bridgehead atoms. The highest BCUT2D eigenvalue weighted by Crippen LogP contribution is 2.34. The lowest BCUT2D eigenvalue weighted by molar-refractivity contribution is 0.0958. The zero-order valence-corrected chi connectivity index (χ0v) is 17.9. The van der Waals surface area contributed by atoms with E-state index in [1.54, 1.807) is 35.2 Å². The molecule has 0 saturated carbocycles. The molecule has 162 valence electrons. The van der Waals surface area contributed by atoms with Gasteiger partial charge < -0.3 is 18.8 Å². The number of ether oxygens (including phenoxy) is 2. The number of anilines is 2. The van der Waals surface area contributed by atoms with E-state index in [0.717, 1.165) is 18.4 Å². The highest BCUT2D eigenvalue weighted by Gasteiger charge is 2.27. The van der Waals surface area contributed by atoms with E-state index in [0.29, 0.717) is 23.7 Å². The van der Waals surface area contributed by atoms with Crippen LogP contribution in [-0.2, 0) is 16.4 Å². The molecular formula is C22H22N2O6S. The van der Waals surface area contributed by atoms with Crippen molar-refractivity contribution in [3.63, 3.8) is 0 Å². The molecule has 8 nitrogen and oxygen atoms in total. The van der Waals surface area contributed by atoms with Gasteiger partial charge in [0.05, 0.1) is 26.2 Å². The lowest BCUT2D eigenvalue weighted by atomic mass is 10.0. The number of amides is 1. The standard InChI is InChI=1S/C22H22N2O6S/c1-28-17-9-10-19(29-2)21(14-17)31(26,27)23-16-8-7-15-5-3-11-24(18(15)13-16)22(25)20-6-4-12-30-20/h4,6-10,12-14,23H,3,5,11H2,1-2H3. The van der Waals surface area contributed by atoms with Gasteiger partial charge in [-0.25, -0.2) is 8.42 Å². The number of aryl methyl sites for hydroxylation is 1. The van der Waals surface area contributed by atoms with Crippen LogP contribution in [-0.4, -0.2) is 35.1 Å². The minimum Gasteiger partial charge on any atom is -0.497 e. The second-order valence-electron chi connectivity index (χ2n) is 7.00. The number of furan rings is 1. The van der Waals surface area contributed by atoms with Gasteiger partial charge in [-0.05, 0) is 54.8 Å². The number of carbonyl (C=O) groups excluding carboxylic acids is 1. The SMILES string of the molecule is COc1ccc(OC)c(S(=O)(=O)Nc2ccc3c(c2)N(C(=O)c2ccco2)CCC3)c1. The van der Waals surface area contributed by atoms with E-state index < -0.39 is 10.0 Å². The first-order valence-electron chi connectivity index (χ1n) is 9.66. The molecule has 9 heteroatoms. The highest BCUT2D eigenvalue weighted by molar-refractivity contribution is 7.92. The van der Waals surface area contributed by atoms with E-state index in [9.17, 15) is 13.2 Å². The van der Waals surface area contributed by atoms with Crippen molar-refractivity contribution in [3.05, 3.63) is 66.1 Å². The summed E-state index contributed by atoms with van der Waals surface area (Å²) < 4.78 is 44.3. The maximum absolute atomic E-state index is 13.1. The van der Waals surface area contributed by atoms with Gasteiger partial charge in [0, 0.05) is 18.3 Å². The Balaban J connectivity index is 1.68. The van der Waals surface area contributed by atoms with Gasteiger partial charge in [0.2, 0.25) is 0 Å². The Hall–Kier alpha value is -3.46. The number of hydrogen-bond donors (Lipinski definition) is 1. The molecule has 1 N–H and O–H groups in total. The smallest absolute Gasteiger partial charge is 0.293 e. The third-order valence-electron chi connectivity index (χ3n) is 5.09. The first-order chi connectivity index (χ1) is 14.9. The van der Waals surface area contributed by atoms with Gasteiger partial charge in [-0.3, -0.25) is 9.52 Å². The molecule has 2 heterocycles. The molecule has 0 saturated heterocycles. The average Bonchev–Trinajstić information content (AvgIpc) is 3.32. The van der Waals surface area contributed by atoms with Crippen molar-refractivity contribution in [1.82, 2.24) is 0 Å². The van der Waals surface area contributed by atoms with Gasteiger partial charge in [-0.2, -0.15) is 0 Å². The molecule has 1 aromatic heterocycles. The van der Waals surface area contributed by atoms with E-state index >= 15 is 0 Å². The van der Waals surface area contributed by atoms with Crippen molar-refractivity contribution < 1.29 is 27.1 Å². The molecule has 0 fully saturated rings. The summed E-state index contributed by atoms with van der Waals surface area (Å²) >= 11 is 0. The number of fused-ring (bicyclic) bond motifs is 1. The number of sulfonamides is 1. The van der Waals surface area contributed by atoms with Crippen LogP contribution in [0.2, 0.25) is 0 Å². The van der Waals surface area contributed by atoms with Crippen LogP contribution in [0.3, 0.4) is 0 Å². The van der Waals surface area contributed by atoms with Crippen LogP contribution >= 0.6 is 0 Å². The molecule has 31 heavy (non-hydrogen) atoms. The molecule has 0 atom stereocenters. The van der Waals surface area contributed by atoms with Gasteiger partial charge in [0.25, 0.3) is 15.9 Å². The molecule has 0 unspecified atom stereocenters. The van der Waals surface area contributed by atoms with Crippen molar-refractivity contribution in [2.24, 2.45) is 0 Å². The second kappa shape index (κ2) is 8.35. The number of rotatable bonds is 6. The maximum atomic E-state index is 13.1. The fourth-order valence-corrected chi connectivity index (χ4v) is 4.82. The monoisotopic (exact) mass is 442 g/mol. The predicted molar refractivity (Wildman–Crippen MR) is 116 cm³/mol. The Bertz CT molecular complexity index is 1200. The summed E-state index contributed by atoms with van der Waals surface area (Å²) in [6.45, 7) is 0.520. The van der Waals surface area contributed by atoms with Crippen LogP contribution in [0.25, 0.3) is 0 Å².